The Morgan fingerprint density at radius 2 is 1.00 bits per heavy atom. The van der Waals surface area contributed by atoms with E-state index >= 15 is 0 Å². The summed E-state index contributed by atoms with van der Waals surface area (Å²) >= 11 is 0. The molecule has 0 atom stereocenters. The second-order valence-corrected chi connectivity index (χ2v) is 2.12. The molecule has 0 aliphatic carbocycles. The second-order valence-electron chi connectivity index (χ2n) is 2.12. The van der Waals surface area contributed by atoms with Crippen molar-refractivity contribution in [1.82, 2.24) is 0 Å². The van der Waals surface area contributed by atoms with Crippen LogP contribution in [-0.2, 0) is 52.4 Å². The van der Waals surface area contributed by atoms with Crippen LogP contribution >= 0.6 is 0 Å². The van der Waals surface area contributed by atoms with Crippen LogP contribution in [0.15, 0.2) is 0 Å². The van der Waals surface area contributed by atoms with Gasteiger partial charge in [0.1, 0.15) is 0 Å². The summed E-state index contributed by atoms with van der Waals surface area (Å²) in [5.41, 5.74) is 0. The van der Waals surface area contributed by atoms with Crippen molar-refractivity contribution in [2.75, 3.05) is 13.2 Å². The zero-order valence-corrected chi connectivity index (χ0v) is 13.0. The normalized spacial score (nSPS) is 7.00. The van der Waals surface area contributed by atoms with Crippen molar-refractivity contribution in [3.05, 3.63) is 0 Å². The van der Waals surface area contributed by atoms with Gasteiger partial charge in [-0.15, -0.1) is 13.2 Å². The van der Waals surface area contributed by atoms with Crippen LogP contribution in [0, 0.1) is 0 Å². The van der Waals surface area contributed by atoms with Crippen LogP contribution in [0.2, 0.25) is 0 Å². The van der Waals surface area contributed by atoms with Crippen LogP contribution in [-0.4, -0.2) is 13.2 Å². The van der Waals surface area contributed by atoms with Gasteiger partial charge in [-0.25, -0.2) is 0 Å². The fraction of sp³-hybridized carbons (Fsp3) is 1.00. The first-order chi connectivity index (χ1) is 4.83. The van der Waals surface area contributed by atoms with Crippen molar-refractivity contribution in [2.45, 2.75) is 39.5 Å². The smallest absolute Gasteiger partial charge is 0.854 e. The quantitative estimate of drug-likeness (QED) is 0.744. The molecule has 64 valence electrons. The molecule has 0 fully saturated rings. The van der Waals surface area contributed by atoms with Gasteiger partial charge in [0.2, 0.25) is 0 Å². The summed E-state index contributed by atoms with van der Waals surface area (Å²) < 4.78 is 0. The summed E-state index contributed by atoms with van der Waals surface area (Å²) in [4.78, 5) is 0. The van der Waals surface area contributed by atoms with E-state index in [1.807, 2.05) is 13.8 Å². The molecule has 0 aromatic rings. The molecule has 0 saturated heterocycles. The largest absolute Gasteiger partial charge is 4.00 e. The third-order valence-corrected chi connectivity index (χ3v) is 0.996. The molecular weight excluding hydrogens is 311 g/mol. The van der Waals surface area contributed by atoms with E-state index in [0.29, 0.717) is 0 Å². The van der Waals surface area contributed by atoms with E-state index in [1.165, 1.54) is 0 Å². The maximum atomic E-state index is 9.53. The SMILES string of the molecule is CCCC[O-].CCCC[O-].[Zr+4].[Zr+4]. The third kappa shape index (κ3) is 41.3. The molecule has 0 unspecified atom stereocenters. The summed E-state index contributed by atoms with van der Waals surface area (Å²) in [5, 5.41) is 19.1. The fourth-order valence-electron chi connectivity index (χ4n) is 0.289. The molecule has 2 nitrogen and oxygen atoms in total. The van der Waals surface area contributed by atoms with E-state index in [-0.39, 0.29) is 65.6 Å². The van der Waals surface area contributed by atoms with E-state index in [4.69, 9.17) is 0 Å². The van der Waals surface area contributed by atoms with Gasteiger partial charge in [-0.3, -0.25) is 0 Å². The van der Waals surface area contributed by atoms with Crippen molar-refractivity contribution < 1.29 is 62.6 Å². The monoisotopic (exact) mass is 326 g/mol. The molecule has 0 N–H and O–H groups in total. The van der Waals surface area contributed by atoms with Crippen molar-refractivity contribution in [1.29, 1.82) is 0 Å². The minimum Gasteiger partial charge on any atom is -0.854 e. The first-order valence-electron chi connectivity index (χ1n) is 3.99. The third-order valence-electron chi connectivity index (χ3n) is 0.996. The van der Waals surface area contributed by atoms with Gasteiger partial charge in [0.15, 0.2) is 0 Å². The Balaban J connectivity index is -0.0000000457. The van der Waals surface area contributed by atoms with E-state index in [9.17, 15) is 10.2 Å². The average Bonchev–Trinajstić information content (AvgIpc) is 1.93. The molecule has 0 aliphatic heterocycles. The number of hydrogen-bond donors (Lipinski definition) is 0. The minimum atomic E-state index is 0. The van der Waals surface area contributed by atoms with Gasteiger partial charge in [0.05, 0.1) is 0 Å². The summed E-state index contributed by atoms with van der Waals surface area (Å²) in [6, 6.07) is 0. The molecule has 0 aromatic heterocycles. The fourth-order valence-corrected chi connectivity index (χ4v) is 0.289. The second kappa shape index (κ2) is 29.3. The topological polar surface area (TPSA) is 46.1 Å². The Hall–Kier alpha value is 1.69. The molecule has 0 saturated carbocycles. The first-order valence-corrected chi connectivity index (χ1v) is 3.99. The van der Waals surface area contributed by atoms with Gasteiger partial charge in [0.25, 0.3) is 0 Å². The standard InChI is InChI=1S/2C4H9O.2Zr/c2*1-2-3-4-5;;/h2*2-4H2,1H3;;/q2*-1;2*+4. The van der Waals surface area contributed by atoms with Gasteiger partial charge in [0, 0.05) is 0 Å². The predicted octanol–water partition coefficient (Wildman–Crippen LogP) is 0.289. The number of rotatable bonds is 4. The average molecular weight is 329 g/mol. The molecule has 0 amide bonds. The van der Waals surface area contributed by atoms with Gasteiger partial charge < -0.3 is 10.2 Å². The molecule has 0 radical (unpaired) electrons. The van der Waals surface area contributed by atoms with Gasteiger partial charge in [-0.05, 0) is 0 Å². The molecule has 0 spiro atoms. The maximum Gasteiger partial charge on any atom is 4.00 e. The molecule has 0 aliphatic rings. The van der Waals surface area contributed by atoms with Crippen molar-refractivity contribution >= 4 is 0 Å². The van der Waals surface area contributed by atoms with Crippen LogP contribution in [0.3, 0.4) is 0 Å². The molecule has 4 heteroatoms. The van der Waals surface area contributed by atoms with Crippen LogP contribution in [0.1, 0.15) is 39.5 Å². The minimum absolute atomic E-state index is 0. The number of hydrogen-bond acceptors (Lipinski definition) is 2. The van der Waals surface area contributed by atoms with Crippen molar-refractivity contribution in [2.24, 2.45) is 0 Å². The molecule has 12 heavy (non-hydrogen) atoms. The zero-order chi connectivity index (χ0) is 8.24. The maximum absolute atomic E-state index is 9.53. The Bertz CT molecular complexity index is 36.0. The predicted molar refractivity (Wildman–Crippen MR) is 39.6 cm³/mol. The van der Waals surface area contributed by atoms with Crippen molar-refractivity contribution in [3.63, 3.8) is 0 Å². The summed E-state index contributed by atoms with van der Waals surface area (Å²) in [6.45, 7) is 4.21. The van der Waals surface area contributed by atoms with Gasteiger partial charge in [-0.1, -0.05) is 39.5 Å². The molecule has 0 heterocycles. The van der Waals surface area contributed by atoms with Crippen LogP contribution in [0.25, 0.3) is 0 Å². The Morgan fingerprint density at radius 1 is 0.750 bits per heavy atom. The Morgan fingerprint density at radius 3 is 1.00 bits per heavy atom. The zero-order valence-electron chi connectivity index (χ0n) is 8.06. The summed E-state index contributed by atoms with van der Waals surface area (Å²) in [5.74, 6) is 0. The molecular formula is C8H18O2Zr2+6. The van der Waals surface area contributed by atoms with Gasteiger partial charge in [-0.2, -0.15) is 0 Å². The summed E-state index contributed by atoms with van der Waals surface area (Å²) in [7, 11) is 0. The van der Waals surface area contributed by atoms with E-state index in [2.05, 4.69) is 0 Å². The van der Waals surface area contributed by atoms with Crippen LogP contribution in [0.5, 0.6) is 0 Å². The van der Waals surface area contributed by atoms with Gasteiger partial charge >= 0.3 is 52.4 Å². The summed E-state index contributed by atoms with van der Waals surface area (Å²) in [6.07, 6.45) is 3.73. The van der Waals surface area contributed by atoms with E-state index < -0.39 is 0 Å². The first kappa shape index (κ1) is 23.5. The van der Waals surface area contributed by atoms with Crippen LogP contribution in [0.4, 0.5) is 0 Å². The molecule has 0 bridgehead atoms. The molecule has 0 rings (SSSR count). The van der Waals surface area contributed by atoms with E-state index in [0.717, 1.165) is 25.7 Å². The van der Waals surface area contributed by atoms with Crippen LogP contribution < -0.4 is 10.2 Å². The Labute approximate surface area is 114 Å². The molecule has 0 aromatic carbocycles. The van der Waals surface area contributed by atoms with E-state index in [1.54, 1.807) is 0 Å². The number of unbranched alkanes of at least 4 members (excludes halogenated alkanes) is 2. The van der Waals surface area contributed by atoms with Crippen molar-refractivity contribution in [3.8, 4) is 0 Å². The Kier molecular flexibility index (Phi) is 57.4.